The largest absolute Gasteiger partial charge is 0.444 e. The van der Waals surface area contributed by atoms with Gasteiger partial charge in [-0.3, -0.25) is 9.89 Å². The van der Waals surface area contributed by atoms with Crippen molar-refractivity contribution in [2.45, 2.75) is 52.2 Å². The lowest BCUT2D eigenvalue weighted by molar-refractivity contribution is 0.0434. The molecule has 0 radical (unpaired) electrons. The predicted molar refractivity (Wildman–Crippen MR) is 86.0 cm³/mol. The molecule has 1 aliphatic rings. The molecule has 2 atom stereocenters. The molecule has 2 unspecified atom stereocenters. The van der Waals surface area contributed by atoms with E-state index < -0.39 is 11.7 Å². The van der Waals surface area contributed by atoms with Gasteiger partial charge >= 0.3 is 6.09 Å². The number of ether oxygens (including phenoxy) is 1. The van der Waals surface area contributed by atoms with Crippen LogP contribution in [0.15, 0.2) is 12.3 Å². The fourth-order valence-electron chi connectivity index (χ4n) is 2.76. The SMILES string of the molecule is CC1CCN(C(=O)c2ccn[nH]2)C(CNC(=O)OC(C)(C)C)C1. The minimum absolute atomic E-state index is 0.0398. The van der Waals surface area contributed by atoms with Gasteiger partial charge in [0, 0.05) is 25.3 Å². The monoisotopic (exact) mass is 322 g/mol. The van der Waals surface area contributed by atoms with Gasteiger partial charge in [0.15, 0.2) is 0 Å². The van der Waals surface area contributed by atoms with Crippen molar-refractivity contribution in [2.75, 3.05) is 13.1 Å². The van der Waals surface area contributed by atoms with Crippen molar-refractivity contribution < 1.29 is 14.3 Å². The summed E-state index contributed by atoms with van der Waals surface area (Å²) < 4.78 is 5.25. The van der Waals surface area contributed by atoms with Gasteiger partial charge in [-0.2, -0.15) is 5.10 Å². The molecule has 1 saturated heterocycles. The maximum absolute atomic E-state index is 12.6. The fourth-order valence-corrected chi connectivity index (χ4v) is 2.76. The summed E-state index contributed by atoms with van der Waals surface area (Å²) >= 11 is 0. The quantitative estimate of drug-likeness (QED) is 0.893. The van der Waals surface area contributed by atoms with E-state index in [2.05, 4.69) is 22.4 Å². The Morgan fingerprint density at radius 2 is 2.22 bits per heavy atom. The number of likely N-dealkylation sites (tertiary alicyclic amines) is 1. The Balaban J connectivity index is 1.98. The number of amides is 2. The number of carbonyl (C=O) groups is 2. The van der Waals surface area contributed by atoms with Crippen molar-refractivity contribution in [1.29, 1.82) is 0 Å². The van der Waals surface area contributed by atoms with E-state index in [0.717, 1.165) is 12.8 Å². The summed E-state index contributed by atoms with van der Waals surface area (Å²) in [7, 11) is 0. The smallest absolute Gasteiger partial charge is 0.407 e. The number of rotatable bonds is 3. The summed E-state index contributed by atoms with van der Waals surface area (Å²) in [5.41, 5.74) is -0.0585. The topological polar surface area (TPSA) is 87.3 Å². The minimum Gasteiger partial charge on any atom is -0.444 e. The first-order valence-electron chi connectivity index (χ1n) is 8.03. The molecule has 23 heavy (non-hydrogen) atoms. The van der Waals surface area contributed by atoms with Crippen LogP contribution >= 0.6 is 0 Å². The molecule has 1 aromatic heterocycles. The van der Waals surface area contributed by atoms with Crippen LogP contribution in [-0.2, 0) is 4.74 Å². The molecule has 2 heterocycles. The van der Waals surface area contributed by atoms with Crippen LogP contribution < -0.4 is 5.32 Å². The highest BCUT2D eigenvalue weighted by Gasteiger charge is 2.31. The maximum Gasteiger partial charge on any atom is 0.407 e. The lowest BCUT2D eigenvalue weighted by Crippen LogP contribution is -2.51. The molecule has 128 valence electrons. The molecule has 0 aromatic carbocycles. The lowest BCUT2D eigenvalue weighted by Gasteiger charge is -2.38. The number of hydrogen-bond acceptors (Lipinski definition) is 4. The van der Waals surface area contributed by atoms with Crippen LogP contribution in [-0.4, -0.2) is 51.8 Å². The van der Waals surface area contributed by atoms with Gasteiger partial charge in [-0.05, 0) is 45.6 Å². The molecule has 7 nitrogen and oxygen atoms in total. The Morgan fingerprint density at radius 3 is 2.83 bits per heavy atom. The summed E-state index contributed by atoms with van der Waals surface area (Å²) in [6.07, 6.45) is 2.93. The Bertz CT molecular complexity index is 536. The number of nitrogens with zero attached hydrogens (tertiary/aromatic N) is 2. The minimum atomic E-state index is -0.532. The Kier molecular flexibility index (Phi) is 5.28. The van der Waals surface area contributed by atoms with Crippen molar-refractivity contribution >= 4 is 12.0 Å². The van der Waals surface area contributed by atoms with E-state index in [4.69, 9.17) is 4.74 Å². The molecule has 2 amide bonds. The predicted octanol–water partition coefficient (Wildman–Crippen LogP) is 2.18. The highest BCUT2D eigenvalue weighted by molar-refractivity contribution is 5.92. The number of H-pyrrole nitrogens is 1. The summed E-state index contributed by atoms with van der Waals surface area (Å²) in [6, 6.07) is 1.63. The number of hydrogen-bond donors (Lipinski definition) is 2. The second kappa shape index (κ2) is 7.02. The van der Waals surface area contributed by atoms with Crippen LogP contribution in [0.1, 0.15) is 51.0 Å². The van der Waals surface area contributed by atoms with Gasteiger partial charge in [0.1, 0.15) is 11.3 Å². The van der Waals surface area contributed by atoms with Gasteiger partial charge in [0.05, 0.1) is 0 Å². The molecule has 1 aliphatic heterocycles. The van der Waals surface area contributed by atoms with Crippen molar-refractivity contribution in [1.82, 2.24) is 20.4 Å². The number of carbonyl (C=O) groups excluding carboxylic acids is 2. The average Bonchev–Trinajstić information content (AvgIpc) is 2.97. The Labute approximate surface area is 136 Å². The van der Waals surface area contributed by atoms with Crippen LogP contribution in [0.5, 0.6) is 0 Å². The zero-order chi connectivity index (χ0) is 17.0. The zero-order valence-corrected chi connectivity index (χ0v) is 14.3. The van der Waals surface area contributed by atoms with Crippen LogP contribution in [0, 0.1) is 5.92 Å². The second-order valence-corrected chi connectivity index (χ2v) is 7.14. The van der Waals surface area contributed by atoms with Gasteiger partial charge in [0.2, 0.25) is 0 Å². The number of nitrogens with one attached hydrogen (secondary N) is 2. The molecule has 0 saturated carbocycles. The summed E-state index contributed by atoms with van der Waals surface area (Å²) in [5, 5.41) is 9.32. The summed E-state index contributed by atoms with van der Waals surface area (Å²) in [5.74, 6) is 0.441. The lowest BCUT2D eigenvalue weighted by atomic mass is 9.92. The highest BCUT2D eigenvalue weighted by Crippen LogP contribution is 2.23. The van der Waals surface area contributed by atoms with Crippen LogP contribution in [0.4, 0.5) is 4.79 Å². The second-order valence-electron chi connectivity index (χ2n) is 7.14. The molecule has 7 heteroatoms. The molecule has 1 fully saturated rings. The first-order valence-corrected chi connectivity index (χ1v) is 8.03. The van der Waals surface area contributed by atoms with Crippen molar-refractivity contribution in [2.24, 2.45) is 5.92 Å². The molecular formula is C16H26N4O3. The zero-order valence-electron chi connectivity index (χ0n) is 14.3. The first kappa shape index (κ1) is 17.3. The molecule has 1 aromatic rings. The molecule has 2 rings (SSSR count). The first-order chi connectivity index (χ1) is 10.8. The molecular weight excluding hydrogens is 296 g/mol. The van der Waals surface area contributed by atoms with E-state index in [-0.39, 0.29) is 11.9 Å². The van der Waals surface area contributed by atoms with Gasteiger partial charge in [-0.15, -0.1) is 0 Å². The van der Waals surface area contributed by atoms with Crippen LogP contribution in [0.2, 0.25) is 0 Å². The van der Waals surface area contributed by atoms with Gasteiger partial charge < -0.3 is 15.0 Å². The summed E-state index contributed by atoms with van der Waals surface area (Å²) in [6.45, 7) is 8.70. The Hall–Kier alpha value is -2.05. The van der Waals surface area contributed by atoms with Crippen molar-refractivity contribution in [3.05, 3.63) is 18.0 Å². The summed E-state index contributed by atoms with van der Waals surface area (Å²) in [4.78, 5) is 26.2. The van der Waals surface area contributed by atoms with Crippen molar-refractivity contribution in [3.63, 3.8) is 0 Å². The van der Waals surface area contributed by atoms with E-state index >= 15 is 0 Å². The van der Waals surface area contributed by atoms with Gasteiger partial charge in [-0.1, -0.05) is 6.92 Å². The number of aromatic amines is 1. The van der Waals surface area contributed by atoms with Gasteiger partial charge in [-0.25, -0.2) is 4.79 Å². The molecule has 0 aliphatic carbocycles. The molecule has 2 N–H and O–H groups in total. The van der Waals surface area contributed by atoms with Crippen LogP contribution in [0.25, 0.3) is 0 Å². The van der Waals surface area contributed by atoms with E-state index in [1.54, 1.807) is 12.3 Å². The molecule has 0 bridgehead atoms. The number of alkyl carbamates (subject to hydrolysis) is 1. The van der Waals surface area contributed by atoms with Gasteiger partial charge in [0.25, 0.3) is 5.91 Å². The number of aromatic nitrogens is 2. The van der Waals surface area contributed by atoms with E-state index in [1.807, 2.05) is 25.7 Å². The third kappa shape index (κ3) is 4.97. The standard InChI is InChI=1S/C16H26N4O3/c1-11-6-8-20(14(21)13-5-7-18-19-13)12(9-11)10-17-15(22)23-16(2,3)4/h5,7,11-12H,6,8-10H2,1-4H3,(H,17,22)(H,18,19). The molecule has 0 spiro atoms. The van der Waals surface area contributed by atoms with E-state index in [1.165, 1.54) is 0 Å². The van der Waals surface area contributed by atoms with Crippen LogP contribution in [0.3, 0.4) is 0 Å². The van der Waals surface area contributed by atoms with Crippen molar-refractivity contribution in [3.8, 4) is 0 Å². The third-order valence-corrected chi connectivity index (χ3v) is 3.85. The normalized spacial score (nSPS) is 21.8. The fraction of sp³-hybridized carbons (Fsp3) is 0.688. The van der Waals surface area contributed by atoms with E-state index in [0.29, 0.717) is 24.7 Å². The average molecular weight is 322 g/mol. The van der Waals surface area contributed by atoms with E-state index in [9.17, 15) is 9.59 Å². The third-order valence-electron chi connectivity index (χ3n) is 3.85. The highest BCUT2D eigenvalue weighted by atomic mass is 16.6. The maximum atomic E-state index is 12.6. The Morgan fingerprint density at radius 1 is 1.48 bits per heavy atom. The number of piperidine rings is 1.